The lowest BCUT2D eigenvalue weighted by Crippen LogP contribution is -2.60. The third kappa shape index (κ3) is 4.75. The molecule has 2 unspecified atom stereocenters. The summed E-state index contributed by atoms with van der Waals surface area (Å²) < 4.78 is 0. The third-order valence-electron chi connectivity index (χ3n) is 3.83. The van der Waals surface area contributed by atoms with Crippen LogP contribution in [0.15, 0.2) is 0 Å². The van der Waals surface area contributed by atoms with E-state index in [0.29, 0.717) is 12.6 Å². The number of carboxylic acid groups (broad SMARTS) is 1. The number of nitrogens with one attached hydrogen (secondary N) is 1. The molecule has 5 nitrogen and oxygen atoms in total. The van der Waals surface area contributed by atoms with Gasteiger partial charge in [0.15, 0.2) is 0 Å². The Labute approximate surface area is 117 Å². The second-order valence-electron chi connectivity index (χ2n) is 6.43. The van der Waals surface area contributed by atoms with Gasteiger partial charge in [-0.3, -0.25) is 15.0 Å². The maximum absolute atomic E-state index is 11.5. The SMILES string of the molecule is CC(C)NC(C)(CN1CCCC(N(C)C)C1)C(=O)O. The van der Waals surface area contributed by atoms with Crippen molar-refractivity contribution < 1.29 is 9.90 Å². The van der Waals surface area contributed by atoms with Crippen LogP contribution in [0.5, 0.6) is 0 Å². The Kier molecular flexibility index (Phi) is 5.77. The minimum Gasteiger partial charge on any atom is -0.480 e. The Bertz CT molecular complexity index is 307. The molecule has 1 aliphatic rings. The molecular formula is C14H29N3O2. The number of likely N-dealkylation sites (tertiary alicyclic amines) is 1. The molecule has 1 rings (SSSR count). The van der Waals surface area contributed by atoms with E-state index in [1.807, 2.05) is 13.8 Å². The van der Waals surface area contributed by atoms with Gasteiger partial charge in [-0.25, -0.2) is 0 Å². The minimum atomic E-state index is -0.873. The average Bonchev–Trinajstić information content (AvgIpc) is 2.27. The first kappa shape index (κ1) is 16.4. The number of carboxylic acids is 1. The van der Waals surface area contributed by atoms with Gasteiger partial charge >= 0.3 is 5.97 Å². The van der Waals surface area contributed by atoms with Crippen LogP contribution in [-0.4, -0.2) is 72.2 Å². The number of hydrogen-bond acceptors (Lipinski definition) is 4. The predicted octanol–water partition coefficient (Wildman–Crippen LogP) is 0.854. The summed E-state index contributed by atoms with van der Waals surface area (Å²) in [6, 6.07) is 0.696. The number of likely N-dealkylation sites (N-methyl/N-ethyl adjacent to an activating group) is 1. The molecule has 19 heavy (non-hydrogen) atoms. The van der Waals surface area contributed by atoms with Crippen molar-refractivity contribution in [3.63, 3.8) is 0 Å². The third-order valence-corrected chi connectivity index (χ3v) is 3.83. The number of hydrogen-bond donors (Lipinski definition) is 2. The second kappa shape index (κ2) is 6.68. The first-order chi connectivity index (χ1) is 8.74. The van der Waals surface area contributed by atoms with Gasteiger partial charge in [-0.05, 0) is 54.3 Å². The van der Waals surface area contributed by atoms with Gasteiger partial charge in [-0.15, -0.1) is 0 Å². The number of carbonyl (C=O) groups is 1. The lowest BCUT2D eigenvalue weighted by atomic mass is 9.97. The van der Waals surface area contributed by atoms with Crippen LogP contribution in [-0.2, 0) is 4.79 Å². The molecule has 0 bridgehead atoms. The zero-order valence-electron chi connectivity index (χ0n) is 12.9. The van der Waals surface area contributed by atoms with Crippen LogP contribution >= 0.6 is 0 Å². The molecule has 0 aromatic heterocycles. The van der Waals surface area contributed by atoms with Crippen LogP contribution in [0.4, 0.5) is 0 Å². The smallest absolute Gasteiger partial charge is 0.324 e. The fraction of sp³-hybridized carbons (Fsp3) is 0.929. The number of nitrogens with zero attached hydrogens (tertiary/aromatic N) is 2. The Hall–Kier alpha value is -0.650. The van der Waals surface area contributed by atoms with Gasteiger partial charge < -0.3 is 10.0 Å². The highest BCUT2D eigenvalue weighted by molar-refractivity contribution is 5.78. The zero-order chi connectivity index (χ0) is 14.6. The molecule has 0 aromatic rings. The summed E-state index contributed by atoms with van der Waals surface area (Å²) in [7, 11) is 4.19. The Morgan fingerprint density at radius 2 is 2.16 bits per heavy atom. The van der Waals surface area contributed by atoms with Gasteiger partial charge in [0.1, 0.15) is 5.54 Å². The molecule has 1 heterocycles. The van der Waals surface area contributed by atoms with E-state index in [1.165, 1.54) is 6.42 Å². The number of aliphatic carboxylic acids is 1. The van der Waals surface area contributed by atoms with E-state index in [-0.39, 0.29) is 6.04 Å². The molecule has 1 saturated heterocycles. The van der Waals surface area contributed by atoms with Gasteiger partial charge in [0.05, 0.1) is 0 Å². The lowest BCUT2D eigenvalue weighted by molar-refractivity contribution is -0.145. The van der Waals surface area contributed by atoms with Crippen molar-refractivity contribution >= 4 is 5.97 Å². The molecule has 112 valence electrons. The Morgan fingerprint density at radius 1 is 1.53 bits per heavy atom. The van der Waals surface area contributed by atoms with E-state index in [0.717, 1.165) is 19.5 Å². The first-order valence-electron chi connectivity index (χ1n) is 7.14. The molecular weight excluding hydrogens is 242 g/mol. The maximum atomic E-state index is 11.5. The monoisotopic (exact) mass is 271 g/mol. The van der Waals surface area contributed by atoms with Gasteiger partial charge in [0, 0.05) is 25.2 Å². The summed E-state index contributed by atoms with van der Waals surface area (Å²) in [4.78, 5) is 16.1. The van der Waals surface area contributed by atoms with Crippen LogP contribution in [0, 0.1) is 0 Å². The van der Waals surface area contributed by atoms with Crippen LogP contribution < -0.4 is 5.32 Å². The predicted molar refractivity (Wildman–Crippen MR) is 77.5 cm³/mol. The number of rotatable bonds is 6. The van der Waals surface area contributed by atoms with Crippen molar-refractivity contribution in [1.29, 1.82) is 0 Å². The molecule has 2 N–H and O–H groups in total. The second-order valence-corrected chi connectivity index (χ2v) is 6.43. The fourth-order valence-electron chi connectivity index (χ4n) is 2.86. The van der Waals surface area contributed by atoms with Crippen molar-refractivity contribution in [1.82, 2.24) is 15.1 Å². The van der Waals surface area contributed by atoms with Crippen molar-refractivity contribution in [3.8, 4) is 0 Å². The van der Waals surface area contributed by atoms with Crippen LogP contribution in [0.3, 0.4) is 0 Å². The van der Waals surface area contributed by atoms with Crippen molar-refractivity contribution in [2.24, 2.45) is 0 Å². The molecule has 0 saturated carbocycles. The van der Waals surface area contributed by atoms with E-state index >= 15 is 0 Å². The van der Waals surface area contributed by atoms with Gasteiger partial charge in [-0.1, -0.05) is 0 Å². The molecule has 1 fully saturated rings. The summed E-state index contributed by atoms with van der Waals surface area (Å²) in [6.45, 7) is 8.27. The molecule has 0 radical (unpaired) electrons. The highest BCUT2D eigenvalue weighted by Crippen LogP contribution is 2.17. The zero-order valence-corrected chi connectivity index (χ0v) is 12.9. The summed E-state index contributed by atoms with van der Waals surface area (Å²) in [5.41, 5.74) is -0.873. The van der Waals surface area contributed by atoms with E-state index < -0.39 is 11.5 Å². The maximum Gasteiger partial charge on any atom is 0.324 e. The summed E-state index contributed by atoms with van der Waals surface area (Å²) >= 11 is 0. The van der Waals surface area contributed by atoms with Crippen LogP contribution in [0.1, 0.15) is 33.6 Å². The Balaban J connectivity index is 2.66. The standard InChI is InChI=1S/C14H29N3O2/c1-11(2)15-14(3,13(18)19)10-17-8-6-7-12(9-17)16(4)5/h11-12,15H,6-10H2,1-5H3,(H,18,19). The van der Waals surface area contributed by atoms with Gasteiger partial charge in [0.25, 0.3) is 0 Å². The molecule has 5 heteroatoms. The topological polar surface area (TPSA) is 55.8 Å². The minimum absolute atomic E-state index is 0.163. The van der Waals surface area contributed by atoms with E-state index in [9.17, 15) is 9.90 Å². The van der Waals surface area contributed by atoms with Crippen molar-refractivity contribution in [3.05, 3.63) is 0 Å². The lowest BCUT2D eigenvalue weighted by Gasteiger charge is -2.40. The highest BCUT2D eigenvalue weighted by Gasteiger charge is 2.36. The molecule has 0 spiro atoms. The molecule has 0 aliphatic carbocycles. The van der Waals surface area contributed by atoms with Crippen LogP contribution in [0.25, 0.3) is 0 Å². The molecule has 2 atom stereocenters. The number of piperidine rings is 1. The summed E-state index contributed by atoms with van der Waals surface area (Å²) in [6.07, 6.45) is 2.34. The van der Waals surface area contributed by atoms with E-state index in [4.69, 9.17) is 0 Å². The van der Waals surface area contributed by atoms with Gasteiger partial charge in [0.2, 0.25) is 0 Å². The van der Waals surface area contributed by atoms with E-state index in [2.05, 4.69) is 29.2 Å². The normalized spacial score (nSPS) is 24.7. The highest BCUT2D eigenvalue weighted by atomic mass is 16.4. The Morgan fingerprint density at radius 3 is 2.63 bits per heavy atom. The average molecular weight is 271 g/mol. The van der Waals surface area contributed by atoms with E-state index in [1.54, 1.807) is 6.92 Å². The summed E-state index contributed by atoms with van der Waals surface area (Å²) in [5, 5.41) is 12.7. The molecule has 1 aliphatic heterocycles. The van der Waals surface area contributed by atoms with Crippen molar-refractivity contribution in [2.45, 2.75) is 51.2 Å². The first-order valence-corrected chi connectivity index (χ1v) is 7.14. The largest absolute Gasteiger partial charge is 0.480 e. The van der Waals surface area contributed by atoms with Gasteiger partial charge in [-0.2, -0.15) is 0 Å². The quantitative estimate of drug-likeness (QED) is 0.750. The van der Waals surface area contributed by atoms with Crippen molar-refractivity contribution in [2.75, 3.05) is 33.7 Å². The fourth-order valence-corrected chi connectivity index (χ4v) is 2.86. The molecule has 0 aromatic carbocycles. The molecule has 0 amide bonds. The van der Waals surface area contributed by atoms with Crippen LogP contribution in [0.2, 0.25) is 0 Å². The summed E-state index contributed by atoms with van der Waals surface area (Å²) in [5.74, 6) is -0.770.